The Morgan fingerprint density at radius 3 is 2.65 bits per heavy atom. The van der Waals surface area contributed by atoms with Crippen LogP contribution in [0.1, 0.15) is 25.8 Å². The number of carbonyl (C=O) groups is 1. The second-order valence-corrected chi connectivity index (χ2v) is 8.68. The highest BCUT2D eigenvalue weighted by Crippen LogP contribution is 2.35. The molecule has 0 radical (unpaired) electrons. The fourth-order valence-corrected chi connectivity index (χ4v) is 3.86. The normalized spacial score (nSPS) is 12.9. The smallest absolute Gasteiger partial charge is 0.404 e. The molecular weight excluding hydrogens is 383 g/mol. The Bertz CT molecular complexity index is 712. The molecule has 0 spiro atoms. The van der Waals surface area contributed by atoms with E-state index in [1.54, 1.807) is 18.2 Å². The third kappa shape index (κ3) is 4.51. The third-order valence-corrected chi connectivity index (χ3v) is 5.21. The first-order valence-corrected chi connectivity index (χ1v) is 8.69. The van der Waals surface area contributed by atoms with Gasteiger partial charge in [0.1, 0.15) is 5.82 Å². The number of thiazole rings is 1. The van der Waals surface area contributed by atoms with E-state index in [4.69, 9.17) is 5.11 Å². The van der Waals surface area contributed by atoms with E-state index >= 15 is 0 Å². The van der Waals surface area contributed by atoms with Crippen molar-refractivity contribution in [3.05, 3.63) is 38.9 Å². The first-order valence-electron chi connectivity index (χ1n) is 7.08. The number of aromatic nitrogens is 1. The van der Waals surface area contributed by atoms with Gasteiger partial charge in [0.2, 0.25) is 0 Å². The van der Waals surface area contributed by atoms with Gasteiger partial charge in [0.05, 0.1) is 14.5 Å². The molecule has 2 N–H and O–H groups in total. The standard InChI is InChI=1S/C16H18BrFN2O2S/c1-16(2,3)11(19-15(21)22)8-12-20-13(14(17)23-12)9-6-4-5-7-10(9)18/h4-7,11,19H,8H2,1-3H3,(H,21,22). The van der Waals surface area contributed by atoms with E-state index in [0.29, 0.717) is 17.7 Å². The average molecular weight is 401 g/mol. The summed E-state index contributed by atoms with van der Waals surface area (Å²) >= 11 is 4.83. The van der Waals surface area contributed by atoms with E-state index in [9.17, 15) is 9.18 Å². The highest BCUT2D eigenvalue weighted by atomic mass is 79.9. The Labute approximate surface area is 146 Å². The van der Waals surface area contributed by atoms with Gasteiger partial charge < -0.3 is 10.4 Å². The van der Waals surface area contributed by atoms with E-state index in [2.05, 4.69) is 26.2 Å². The molecule has 1 unspecified atom stereocenters. The van der Waals surface area contributed by atoms with Crippen LogP contribution in [0.15, 0.2) is 28.1 Å². The van der Waals surface area contributed by atoms with E-state index in [-0.39, 0.29) is 17.3 Å². The SMILES string of the molecule is CC(C)(C)C(Cc1nc(-c2ccccc2F)c(Br)s1)NC(=O)O. The van der Waals surface area contributed by atoms with Crippen LogP contribution in [0.5, 0.6) is 0 Å². The van der Waals surface area contributed by atoms with Crippen LogP contribution >= 0.6 is 27.3 Å². The molecular formula is C16H18BrFN2O2S. The lowest BCUT2D eigenvalue weighted by molar-refractivity contribution is 0.174. The summed E-state index contributed by atoms with van der Waals surface area (Å²) in [5.41, 5.74) is 0.723. The number of rotatable bonds is 4. The molecule has 23 heavy (non-hydrogen) atoms. The maximum atomic E-state index is 13.9. The van der Waals surface area contributed by atoms with Crippen molar-refractivity contribution < 1.29 is 14.3 Å². The molecule has 0 saturated carbocycles. The van der Waals surface area contributed by atoms with Crippen LogP contribution in [0.3, 0.4) is 0 Å². The molecule has 1 aromatic heterocycles. The Balaban J connectivity index is 2.30. The van der Waals surface area contributed by atoms with Crippen LogP contribution in [0.2, 0.25) is 0 Å². The van der Waals surface area contributed by atoms with Crippen molar-refractivity contribution in [2.45, 2.75) is 33.2 Å². The fourth-order valence-electron chi connectivity index (χ4n) is 2.15. The van der Waals surface area contributed by atoms with Crippen LogP contribution in [-0.2, 0) is 6.42 Å². The molecule has 4 nitrogen and oxygen atoms in total. The highest BCUT2D eigenvalue weighted by molar-refractivity contribution is 9.11. The number of nitrogens with one attached hydrogen (secondary N) is 1. The van der Waals surface area contributed by atoms with Crippen LogP contribution in [-0.4, -0.2) is 22.2 Å². The van der Waals surface area contributed by atoms with Gasteiger partial charge in [0.15, 0.2) is 0 Å². The molecule has 0 saturated heterocycles. The lowest BCUT2D eigenvalue weighted by atomic mass is 9.85. The minimum absolute atomic E-state index is 0.255. The summed E-state index contributed by atoms with van der Waals surface area (Å²) in [6, 6.07) is 6.17. The number of hydrogen-bond donors (Lipinski definition) is 2. The summed E-state index contributed by atoms with van der Waals surface area (Å²) in [6.07, 6.45) is -0.608. The van der Waals surface area contributed by atoms with Gasteiger partial charge in [-0.2, -0.15) is 0 Å². The number of halogens is 2. The van der Waals surface area contributed by atoms with Gasteiger partial charge in [0, 0.05) is 18.0 Å². The second-order valence-electron chi connectivity index (χ2n) is 6.28. The molecule has 2 rings (SSSR count). The maximum Gasteiger partial charge on any atom is 0.404 e. The lowest BCUT2D eigenvalue weighted by Gasteiger charge is -2.29. The maximum absolute atomic E-state index is 13.9. The predicted octanol–water partition coefficient (Wildman–Crippen LogP) is 4.94. The monoisotopic (exact) mass is 400 g/mol. The Hall–Kier alpha value is -1.47. The van der Waals surface area contributed by atoms with Crippen molar-refractivity contribution in [3.63, 3.8) is 0 Å². The molecule has 2 aromatic rings. The zero-order chi connectivity index (χ0) is 17.2. The Morgan fingerprint density at radius 1 is 1.43 bits per heavy atom. The second kappa shape index (κ2) is 6.97. The summed E-state index contributed by atoms with van der Waals surface area (Å²) < 4.78 is 14.7. The van der Waals surface area contributed by atoms with Gasteiger partial charge in [-0.1, -0.05) is 32.9 Å². The van der Waals surface area contributed by atoms with Crippen LogP contribution < -0.4 is 5.32 Å². The molecule has 0 fully saturated rings. The predicted molar refractivity (Wildman–Crippen MR) is 93.3 cm³/mol. The van der Waals surface area contributed by atoms with Crippen LogP contribution in [0.4, 0.5) is 9.18 Å². The average Bonchev–Trinajstić information content (AvgIpc) is 2.78. The highest BCUT2D eigenvalue weighted by Gasteiger charge is 2.28. The van der Waals surface area contributed by atoms with Crippen molar-refractivity contribution in [3.8, 4) is 11.3 Å². The van der Waals surface area contributed by atoms with Crippen LogP contribution in [0, 0.1) is 11.2 Å². The molecule has 1 aromatic carbocycles. The lowest BCUT2D eigenvalue weighted by Crippen LogP contribution is -2.44. The summed E-state index contributed by atoms with van der Waals surface area (Å²) in [4.78, 5) is 15.5. The Kier molecular flexibility index (Phi) is 5.41. The van der Waals surface area contributed by atoms with Gasteiger partial charge in [-0.25, -0.2) is 14.2 Å². The summed E-state index contributed by atoms with van der Waals surface area (Å²) in [5, 5.41) is 12.3. The Morgan fingerprint density at radius 2 is 2.09 bits per heavy atom. The molecule has 1 heterocycles. The zero-order valence-electron chi connectivity index (χ0n) is 13.1. The first kappa shape index (κ1) is 17.9. The quantitative estimate of drug-likeness (QED) is 0.763. The largest absolute Gasteiger partial charge is 0.465 e. The molecule has 0 aliphatic heterocycles. The van der Waals surface area contributed by atoms with Gasteiger partial charge in [0.25, 0.3) is 0 Å². The first-order chi connectivity index (χ1) is 10.7. The number of benzene rings is 1. The van der Waals surface area contributed by atoms with Crippen LogP contribution in [0.25, 0.3) is 11.3 Å². The minimum Gasteiger partial charge on any atom is -0.465 e. The van der Waals surface area contributed by atoms with Gasteiger partial charge in [-0.15, -0.1) is 11.3 Å². The summed E-state index contributed by atoms with van der Waals surface area (Å²) in [7, 11) is 0. The molecule has 7 heteroatoms. The number of nitrogens with zero attached hydrogens (tertiary/aromatic N) is 1. The van der Waals surface area contributed by atoms with Gasteiger partial charge in [-0.05, 0) is 33.5 Å². The van der Waals surface area contributed by atoms with Crippen molar-refractivity contribution in [2.24, 2.45) is 5.41 Å². The fraction of sp³-hybridized carbons (Fsp3) is 0.375. The molecule has 0 bridgehead atoms. The summed E-state index contributed by atoms with van der Waals surface area (Å²) in [6.45, 7) is 5.90. The van der Waals surface area contributed by atoms with Crippen molar-refractivity contribution >= 4 is 33.4 Å². The van der Waals surface area contributed by atoms with E-state index < -0.39 is 6.09 Å². The van der Waals surface area contributed by atoms with Crippen molar-refractivity contribution in [2.75, 3.05) is 0 Å². The molecule has 0 aliphatic carbocycles. The minimum atomic E-state index is -1.06. The number of amides is 1. The molecule has 0 aliphatic rings. The molecule has 1 amide bonds. The molecule has 124 valence electrons. The zero-order valence-corrected chi connectivity index (χ0v) is 15.5. The van der Waals surface area contributed by atoms with Gasteiger partial charge in [-0.3, -0.25) is 0 Å². The number of carboxylic acid groups (broad SMARTS) is 1. The summed E-state index contributed by atoms with van der Waals surface area (Å²) in [5.74, 6) is -0.332. The number of hydrogen-bond acceptors (Lipinski definition) is 3. The van der Waals surface area contributed by atoms with Crippen molar-refractivity contribution in [1.29, 1.82) is 0 Å². The topological polar surface area (TPSA) is 62.2 Å². The molecule has 1 atom stereocenters. The third-order valence-electron chi connectivity index (χ3n) is 3.48. The van der Waals surface area contributed by atoms with Crippen molar-refractivity contribution in [1.82, 2.24) is 10.3 Å². The van der Waals surface area contributed by atoms with Gasteiger partial charge >= 0.3 is 6.09 Å². The van der Waals surface area contributed by atoms with E-state index in [0.717, 1.165) is 8.79 Å². The van der Waals surface area contributed by atoms with E-state index in [1.165, 1.54) is 17.4 Å². The van der Waals surface area contributed by atoms with E-state index in [1.807, 2.05) is 20.8 Å².